The van der Waals surface area contributed by atoms with Crippen LogP contribution in [0.3, 0.4) is 0 Å². The molecule has 2 amide bonds. The van der Waals surface area contributed by atoms with Crippen LogP contribution in [0.15, 0.2) is 78.0 Å². The maximum Gasteiger partial charge on any atom is 0.234 e. The van der Waals surface area contributed by atoms with Crippen LogP contribution in [-0.2, 0) is 9.59 Å². The quantitative estimate of drug-likeness (QED) is 0.360. The average Bonchev–Trinajstić information content (AvgIpc) is 3.25. The second-order valence-corrected chi connectivity index (χ2v) is 8.76. The largest absolute Gasteiger partial charge is 0.326 e. The van der Waals surface area contributed by atoms with Crippen molar-refractivity contribution < 1.29 is 9.59 Å². The first-order valence-corrected chi connectivity index (χ1v) is 11.8. The molecule has 34 heavy (non-hydrogen) atoms. The number of para-hydroxylation sites is 1. The second-order valence-electron chi connectivity index (χ2n) is 7.82. The minimum atomic E-state index is -0.127. The van der Waals surface area contributed by atoms with Gasteiger partial charge in [-0.1, -0.05) is 42.1 Å². The molecule has 0 saturated heterocycles. The van der Waals surface area contributed by atoms with Gasteiger partial charge in [0.2, 0.25) is 11.8 Å². The lowest BCUT2D eigenvalue weighted by molar-refractivity contribution is -0.114. The predicted molar refractivity (Wildman–Crippen MR) is 136 cm³/mol. The number of nitrogens with one attached hydrogen (secondary N) is 2. The molecule has 0 fully saturated rings. The van der Waals surface area contributed by atoms with E-state index >= 15 is 0 Å². The average molecular weight is 472 g/mol. The first kappa shape index (κ1) is 23.3. The molecule has 4 aromatic rings. The van der Waals surface area contributed by atoms with E-state index in [0.717, 1.165) is 28.1 Å². The van der Waals surface area contributed by atoms with Crippen molar-refractivity contribution in [3.05, 3.63) is 83.9 Å². The number of hydrogen-bond donors (Lipinski definition) is 2. The van der Waals surface area contributed by atoms with Crippen LogP contribution in [0, 0.1) is 13.8 Å². The van der Waals surface area contributed by atoms with Gasteiger partial charge in [0.25, 0.3) is 0 Å². The molecule has 7 nitrogen and oxygen atoms in total. The van der Waals surface area contributed by atoms with Gasteiger partial charge in [0.1, 0.15) is 0 Å². The molecule has 4 rings (SSSR count). The first-order valence-electron chi connectivity index (χ1n) is 10.8. The van der Waals surface area contributed by atoms with Crippen molar-refractivity contribution in [2.75, 3.05) is 16.4 Å². The zero-order valence-corrected chi connectivity index (χ0v) is 20.0. The Kier molecular flexibility index (Phi) is 7.08. The fraction of sp³-hybridized carbons (Fsp3) is 0.154. The van der Waals surface area contributed by atoms with Gasteiger partial charge in [-0.3, -0.25) is 14.2 Å². The minimum Gasteiger partial charge on any atom is -0.326 e. The van der Waals surface area contributed by atoms with Crippen LogP contribution in [0.25, 0.3) is 17.1 Å². The van der Waals surface area contributed by atoms with Gasteiger partial charge in [-0.05, 0) is 67.4 Å². The number of amides is 2. The Morgan fingerprint density at radius 3 is 2.32 bits per heavy atom. The summed E-state index contributed by atoms with van der Waals surface area (Å²) in [4.78, 5) is 24.0. The smallest absolute Gasteiger partial charge is 0.234 e. The van der Waals surface area contributed by atoms with Crippen molar-refractivity contribution in [2.45, 2.75) is 25.9 Å². The van der Waals surface area contributed by atoms with E-state index in [1.165, 1.54) is 18.7 Å². The lowest BCUT2D eigenvalue weighted by atomic mass is 10.1. The molecule has 0 aliphatic heterocycles. The van der Waals surface area contributed by atoms with E-state index in [-0.39, 0.29) is 17.6 Å². The summed E-state index contributed by atoms with van der Waals surface area (Å²) in [5, 5.41) is 15.2. The van der Waals surface area contributed by atoms with Gasteiger partial charge in [0, 0.05) is 29.5 Å². The van der Waals surface area contributed by atoms with E-state index < -0.39 is 0 Å². The Morgan fingerprint density at radius 1 is 0.882 bits per heavy atom. The lowest BCUT2D eigenvalue weighted by Crippen LogP contribution is -2.15. The van der Waals surface area contributed by atoms with Gasteiger partial charge in [-0.2, -0.15) is 0 Å². The molecule has 0 aliphatic rings. The lowest BCUT2D eigenvalue weighted by Gasteiger charge is -2.12. The maximum atomic E-state index is 12.7. The Balaban J connectivity index is 1.58. The monoisotopic (exact) mass is 471 g/mol. The van der Waals surface area contributed by atoms with Crippen LogP contribution in [0.2, 0.25) is 0 Å². The highest BCUT2D eigenvalue weighted by molar-refractivity contribution is 7.99. The van der Waals surface area contributed by atoms with Crippen LogP contribution < -0.4 is 10.6 Å². The Labute approximate surface area is 202 Å². The second kappa shape index (κ2) is 10.4. The Bertz CT molecular complexity index is 1320. The third kappa shape index (κ3) is 5.35. The van der Waals surface area contributed by atoms with Gasteiger partial charge in [-0.15, -0.1) is 10.2 Å². The van der Waals surface area contributed by atoms with Crippen molar-refractivity contribution in [2.24, 2.45) is 0 Å². The van der Waals surface area contributed by atoms with Crippen molar-refractivity contribution >= 4 is 35.0 Å². The summed E-state index contributed by atoms with van der Waals surface area (Å²) in [5.74, 6) is 0.610. The maximum absolute atomic E-state index is 12.7. The summed E-state index contributed by atoms with van der Waals surface area (Å²) in [6, 6.07) is 23.1. The van der Waals surface area contributed by atoms with Crippen LogP contribution in [0.1, 0.15) is 18.1 Å². The molecule has 0 unspecified atom stereocenters. The van der Waals surface area contributed by atoms with Gasteiger partial charge < -0.3 is 10.6 Å². The normalized spacial score (nSPS) is 10.7. The molecule has 172 valence electrons. The Hall–Kier alpha value is -3.91. The summed E-state index contributed by atoms with van der Waals surface area (Å²) >= 11 is 1.33. The fourth-order valence-corrected chi connectivity index (χ4v) is 4.22. The van der Waals surface area contributed by atoms with Crippen LogP contribution in [0.5, 0.6) is 0 Å². The number of carbonyl (C=O) groups excluding carboxylic acids is 2. The van der Waals surface area contributed by atoms with Crippen molar-refractivity contribution in [1.29, 1.82) is 0 Å². The molecule has 3 aromatic carbocycles. The predicted octanol–water partition coefficient (Wildman–Crippen LogP) is 5.24. The number of benzene rings is 3. The highest BCUT2D eigenvalue weighted by atomic mass is 32.2. The number of anilines is 2. The molecule has 1 heterocycles. The Morgan fingerprint density at radius 2 is 1.62 bits per heavy atom. The molecule has 1 aromatic heterocycles. The summed E-state index contributed by atoms with van der Waals surface area (Å²) in [5.41, 5.74) is 5.44. The number of rotatable bonds is 7. The molecular weight excluding hydrogens is 446 g/mol. The summed E-state index contributed by atoms with van der Waals surface area (Å²) in [6.07, 6.45) is 0. The van der Waals surface area contributed by atoms with E-state index in [0.29, 0.717) is 16.7 Å². The number of hydrogen-bond acceptors (Lipinski definition) is 5. The van der Waals surface area contributed by atoms with Gasteiger partial charge in [0.15, 0.2) is 11.0 Å². The summed E-state index contributed by atoms with van der Waals surface area (Å²) < 4.78 is 1.93. The topological polar surface area (TPSA) is 88.9 Å². The van der Waals surface area contributed by atoms with Gasteiger partial charge in [0.05, 0.1) is 5.75 Å². The summed E-state index contributed by atoms with van der Waals surface area (Å²) in [6.45, 7) is 5.49. The van der Waals surface area contributed by atoms with E-state index in [2.05, 4.69) is 20.8 Å². The first-order chi connectivity index (χ1) is 16.4. The number of nitrogens with zero attached hydrogens (tertiary/aromatic N) is 3. The number of aromatic nitrogens is 3. The highest BCUT2D eigenvalue weighted by Gasteiger charge is 2.17. The molecule has 0 saturated carbocycles. The van der Waals surface area contributed by atoms with Crippen LogP contribution in [-0.4, -0.2) is 32.3 Å². The fourth-order valence-electron chi connectivity index (χ4n) is 3.47. The molecule has 0 bridgehead atoms. The van der Waals surface area contributed by atoms with Crippen molar-refractivity contribution in [3.8, 4) is 17.1 Å². The van der Waals surface area contributed by atoms with E-state index in [1.807, 2.05) is 91.2 Å². The molecule has 0 atom stereocenters. The molecule has 0 aliphatic carbocycles. The minimum absolute atomic E-state index is 0.109. The zero-order valence-electron chi connectivity index (χ0n) is 19.2. The standard InChI is InChI=1S/C26H25N5O2S/c1-17-8-7-11-23(18(17)2)28-24(33)16-34-26-30-29-25(31(26)22-9-5-4-6-10-22)20-12-14-21(15-13-20)27-19(3)32/h4-15H,16H2,1-3H3,(H,27,32)(H,28,33). The van der Waals surface area contributed by atoms with Gasteiger partial charge in [-0.25, -0.2) is 0 Å². The number of carbonyl (C=O) groups is 2. The molecule has 2 N–H and O–H groups in total. The van der Waals surface area contributed by atoms with Crippen molar-refractivity contribution in [3.63, 3.8) is 0 Å². The summed E-state index contributed by atoms with van der Waals surface area (Å²) in [7, 11) is 0. The molecular formula is C26H25N5O2S. The van der Waals surface area contributed by atoms with Gasteiger partial charge >= 0.3 is 0 Å². The van der Waals surface area contributed by atoms with E-state index in [4.69, 9.17) is 0 Å². The van der Waals surface area contributed by atoms with E-state index in [1.54, 1.807) is 0 Å². The highest BCUT2D eigenvalue weighted by Crippen LogP contribution is 2.29. The van der Waals surface area contributed by atoms with E-state index in [9.17, 15) is 9.59 Å². The molecule has 0 radical (unpaired) electrons. The molecule has 8 heteroatoms. The van der Waals surface area contributed by atoms with Crippen LogP contribution in [0.4, 0.5) is 11.4 Å². The zero-order chi connectivity index (χ0) is 24.1. The number of aryl methyl sites for hydroxylation is 1. The van der Waals surface area contributed by atoms with Crippen LogP contribution >= 0.6 is 11.8 Å². The third-order valence-corrected chi connectivity index (χ3v) is 6.25. The molecule has 0 spiro atoms. The number of thioether (sulfide) groups is 1. The third-order valence-electron chi connectivity index (χ3n) is 5.32. The van der Waals surface area contributed by atoms with Crippen molar-refractivity contribution in [1.82, 2.24) is 14.8 Å². The SMILES string of the molecule is CC(=O)Nc1ccc(-c2nnc(SCC(=O)Nc3cccc(C)c3C)n2-c2ccccc2)cc1.